The summed E-state index contributed by atoms with van der Waals surface area (Å²) in [6.45, 7) is 7.41. The molecule has 31 heavy (non-hydrogen) atoms. The minimum atomic E-state index is -0.0462. The van der Waals surface area contributed by atoms with Crippen molar-refractivity contribution in [2.75, 3.05) is 38.0 Å². The predicted octanol–water partition coefficient (Wildman–Crippen LogP) is 4.76. The molecule has 0 unspecified atom stereocenters. The SMILES string of the molecule is CCN(CC)C(=O)C1CCN(CC(=O)Nc2ccc(Oc3ccc(Br)cc3)cc2)CC1. The molecule has 0 atom stereocenters. The highest BCUT2D eigenvalue weighted by molar-refractivity contribution is 9.10. The fraction of sp³-hybridized carbons (Fsp3) is 0.417. The van der Waals surface area contributed by atoms with Crippen molar-refractivity contribution in [2.24, 2.45) is 5.92 Å². The number of benzene rings is 2. The van der Waals surface area contributed by atoms with Gasteiger partial charge in [0.05, 0.1) is 6.54 Å². The number of hydrogen-bond donors (Lipinski definition) is 1. The number of halogens is 1. The fourth-order valence-electron chi connectivity index (χ4n) is 3.78. The van der Waals surface area contributed by atoms with Gasteiger partial charge in [-0.2, -0.15) is 0 Å². The summed E-state index contributed by atoms with van der Waals surface area (Å²) >= 11 is 3.40. The molecule has 1 aliphatic rings. The molecule has 0 radical (unpaired) electrons. The number of likely N-dealkylation sites (tertiary alicyclic amines) is 1. The van der Waals surface area contributed by atoms with Crippen LogP contribution in [-0.4, -0.2) is 54.3 Å². The maximum Gasteiger partial charge on any atom is 0.238 e. The Balaban J connectivity index is 1.43. The first-order valence-electron chi connectivity index (χ1n) is 10.8. The number of amides is 2. The molecule has 2 amide bonds. The van der Waals surface area contributed by atoms with Crippen LogP contribution in [0.25, 0.3) is 0 Å². The first-order valence-corrected chi connectivity index (χ1v) is 11.6. The van der Waals surface area contributed by atoms with E-state index < -0.39 is 0 Å². The summed E-state index contributed by atoms with van der Waals surface area (Å²) in [7, 11) is 0. The van der Waals surface area contributed by atoms with Crippen LogP contribution in [0.4, 0.5) is 5.69 Å². The van der Waals surface area contributed by atoms with Crippen LogP contribution in [0.1, 0.15) is 26.7 Å². The summed E-state index contributed by atoms with van der Waals surface area (Å²) in [4.78, 5) is 29.0. The highest BCUT2D eigenvalue weighted by atomic mass is 79.9. The number of piperidine rings is 1. The Hall–Kier alpha value is -2.38. The van der Waals surface area contributed by atoms with Gasteiger partial charge in [-0.05, 0) is 88.3 Å². The van der Waals surface area contributed by atoms with E-state index in [1.807, 2.05) is 67.3 Å². The molecule has 0 spiro atoms. The second-order valence-corrected chi connectivity index (χ2v) is 8.61. The molecule has 6 nitrogen and oxygen atoms in total. The molecule has 3 rings (SSSR count). The fourth-order valence-corrected chi connectivity index (χ4v) is 4.04. The maximum atomic E-state index is 12.5. The molecular formula is C24H30BrN3O3. The Bertz CT molecular complexity index is 859. The molecule has 7 heteroatoms. The van der Waals surface area contributed by atoms with E-state index in [0.29, 0.717) is 12.3 Å². The van der Waals surface area contributed by atoms with E-state index >= 15 is 0 Å². The summed E-state index contributed by atoms with van der Waals surface area (Å²) < 4.78 is 6.80. The van der Waals surface area contributed by atoms with Crippen LogP contribution in [0, 0.1) is 5.92 Å². The number of rotatable bonds is 8. The maximum absolute atomic E-state index is 12.5. The molecule has 0 aromatic heterocycles. The van der Waals surface area contributed by atoms with E-state index in [1.165, 1.54) is 0 Å². The minimum absolute atomic E-state index is 0.0462. The zero-order chi connectivity index (χ0) is 22.2. The normalized spacial score (nSPS) is 14.8. The zero-order valence-corrected chi connectivity index (χ0v) is 19.7. The third-order valence-corrected chi connectivity index (χ3v) is 6.10. The summed E-state index contributed by atoms with van der Waals surface area (Å²) in [5.74, 6) is 1.75. The van der Waals surface area contributed by atoms with Crippen molar-refractivity contribution < 1.29 is 14.3 Å². The number of carbonyl (C=O) groups excluding carboxylic acids is 2. The molecular weight excluding hydrogens is 458 g/mol. The molecule has 1 N–H and O–H groups in total. The number of ether oxygens (including phenoxy) is 1. The quantitative estimate of drug-likeness (QED) is 0.582. The van der Waals surface area contributed by atoms with E-state index in [2.05, 4.69) is 26.1 Å². The summed E-state index contributed by atoms with van der Waals surface area (Å²) in [6.07, 6.45) is 1.62. The second kappa shape index (κ2) is 11.3. The van der Waals surface area contributed by atoms with Gasteiger partial charge in [0.15, 0.2) is 0 Å². The number of nitrogens with one attached hydrogen (secondary N) is 1. The van der Waals surface area contributed by atoms with E-state index in [1.54, 1.807) is 0 Å². The van der Waals surface area contributed by atoms with E-state index in [9.17, 15) is 9.59 Å². The lowest BCUT2D eigenvalue weighted by Gasteiger charge is -2.33. The van der Waals surface area contributed by atoms with Crippen LogP contribution < -0.4 is 10.1 Å². The monoisotopic (exact) mass is 487 g/mol. The van der Waals surface area contributed by atoms with Crippen molar-refractivity contribution in [1.29, 1.82) is 0 Å². The summed E-state index contributed by atoms with van der Waals surface area (Å²) in [5.41, 5.74) is 0.736. The van der Waals surface area contributed by atoms with Gasteiger partial charge < -0.3 is 15.0 Å². The molecule has 0 bridgehead atoms. The third-order valence-electron chi connectivity index (χ3n) is 5.57. The van der Waals surface area contributed by atoms with Crippen molar-refractivity contribution in [3.8, 4) is 11.5 Å². The summed E-state index contributed by atoms with van der Waals surface area (Å²) in [6, 6.07) is 15.0. The summed E-state index contributed by atoms with van der Waals surface area (Å²) in [5, 5.41) is 2.94. The highest BCUT2D eigenvalue weighted by Gasteiger charge is 2.28. The van der Waals surface area contributed by atoms with Crippen molar-refractivity contribution in [3.05, 3.63) is 53.0 Å². The molecule has 2 aromatic carbocycles. The molecule has 0 aliphatic carbocycles. The van der Waals surface area contributed by atoms with Crippen LogP contribution in [0.15, 0.2) is 53.0 Å². The Kier molecular flexibility index (Phi) is 8.49. The van der Waals surface area contributed by atoms with Crippen LogP contribution in [0.5, 0.6) is 11.5 Å². The van der Waals surface area contributed by atoms with E-state index in [4.69, 9.17) is 4.74 Å². The molecule has 0 saturated carbocycles. The molecule has 2 aromatic rings. The van der Waals surface area contributed by atoms with Gasteiger partial charge in [-0.15, -0.1) is 0 Å². The first kappa shape index (κ1) is 23.3. The van der Waals surface area contributed by atoms with Crippen molar-refractivity contribution >= 4 is 33.4 Å². The smallest absolute Gasteiger partial charge is 0.238 e. The third kappa shape index (κ3) is 6.80. The van der Waals surface area contributed by atoms with Crippen molar-refractivity contribution in [3.63, 3.8) is 0 Å². The lowest BCUT2D eigenvalue weighted by atomic mass is 9.95. The van der Waals surface area contributed by atoms with Gasteiger partial charge in [0, 0.05) is 29.2 Å². The lowest BCUT2D eigenvalue weighted by molar-refractivity contribution is -0.136. The molecule has 1 saturated heterocycles. The standard InChI is InChI=1S/C24H30BrN3O3/c1-3-28(4-2)24(30)18-13-15-27(16-14-18)17-23(29)26-20-7-11-22(12-8-20)31-21-9-5-19(25)6-10-21/h5-12,18H,3-4,13-17H2,1-2H3,(H,26,29). The zero-order valence-electron chi connectivity index (χ0n) is 18.1. The minimum Gasteiger partial charge on any atom is -0.457 e. The largest absolute Gasteiger partial charge is 0.457 e. The second-order valence-electron chi connectivity index (χ2n) is 7.69. The number of nitrogens with zero attached hydrogens (tertiary/aromatic N) is 2. The Morgan fingerprint density at radius 2 is 1.55 bits per heavy atom. The van der Waals surface area contributed by atoms with Gasteiger partial charge in [0.25, 0.3) is 0 Å². The van der Waals surface area contributed by atoms with Gasteiger partial charge in [-0.1, -0.05) is 15.9 Å². The average Bonchev–Trinajstić information content (AvgIpc) is 2.78. The number of hydrogen-bond acceptors (Lipinski definition) is 4. The van der Waals surface area contributed by atoms with Crippen molar-refractivity contribution in [2.45, 2.75) is 26.7 Å². The molecule has 166 valence electrons. The Morgan fingerprint density at radius 1 is 1.00 bits per heavy atom. The Morgan fingerprint density at radius 3 is 2.10 bits per heavy atom. The van der Waals surface area contributed by atoms with Crippen molar-refractivity contribution in [1.82, 2.24) is 9.80 Å². The Labute approximate surface area is 192 Å². The van der Waals surface area contributed by atoms with Crippen LogP contribution in [-0.2, 0) is 9.59 Å². The molecule has 1 fully saturated rings. The topological polar surface area (TPSA) is 61.9 Å². The first-order chi connectivity index (χ1) is 15.0. The van der Waals surface area contributed by atoms with Crippen LogP contribution in [0.3, 0.4) is 0 Å². The van der Waals surface area contributed by atoms with Gasteiger partial charge >= 0.3 is 0 Å². The molecule has 1 heterocycles. The van der Waals surface area contributed by atoms with E-state index in [-0.39, 0.29) is 17.7 Å². The number of anilines is 1. The van der Waals surface area contributed by atoms with Gasteiger partial charge in [0.2, 0.25) is 11.8 Å². The lowest BCUT2D eigenvalue weighted by Crippen LogP contribution is -2.44. The van der Waals surface area contributed by atoms with Gasteiger partial charge in [-0.25, -0.2) is 0 Å². The highest BCUT2D eigenvalue weighted by Crippen LogP contribution is 2.25. The predicted molar refractivity (Wildman–Crippen MR) is 126 cm³/mol. The number of carbonyl (C=O) groups is 2. The average molecular weight is 488 g/mol. The molecule has 1 aliphatic heterocycles. The van der Waals surface area contributed by atoms with Gasteiger partial charge in [0.1, 0.15) is 11.5 Å². The van der Waals surface area contributed by atoms with Crippen LogP contribution in [0.2, 0.25) is 0 Å². The van der Waals surface area contributed by atoms with Crippen LogP contribution >= 0.6 is 15.9 Å². The van der Waals surface area contributed by atoms with E-state index in [0.717, 1.165) is 54.9 Å². The van der Waals surface area contributed by atoms with Gasteiger partial charge in [-0.3, -0.25) is 14.5 Å².